The molecule has 1 aromatic heterocycles. The number of ether oxygens (including phenoxy) is 2. The summed E-state index contributed by atoms with van der Waals surface area (Å²) in [6.07, 6.45) is -5.35. The summed E-state index contributed by atoms with van der Waals surface area (Å²) in [4.78, 5) is 40.0. The first-order chi connectivity index (χ1) is 17.3. The molecule has 1 atom stereocenters. The van der Waals surface area contributed by atoms with E-state index in [1.807, 2.05) is 24.3 Å². The highest BCUT2D eigenvalue weighted by atomic mass is 19.4. The van der Waals surface area contributed by atoms with Crippen molar-refractivity contribution < 1.29 is 47.3 Å². The molecule has 10 nitrogen and oxygen atoms in total. The van der Waals surface area contributed by atoms with E-state index >= 15 is 0 Å². The number of halogens is 3. The van der Waals surface area contributed by atoms with Crippen LogP contribution in [0.25, 0.3) is 10.9 Å². The number of alkyl halides is 3. The Bertz CT molecular complexity index is 1340. The number of para-hydroxylation sites is 1. The highest BCUT2D eigenvalue weighted by Crippen LogP contribution is 2.29. The summed E-state index contributed by atoms with van der Waals surface area (Å²) in [5.41, 5.74) is 0.642. The summed E-state index contributed by atoms with van der Waals surface area (Å²) in [5, 5.41) is 21.6. The SMILES string of the molecule is Cc1cc(COc2ccc(C(=O)NC[C@](C)(O)C(=O)NO)c(OC(=O)C(F)(F)F)c2)c2ccccc2n1. The number of fused-ring (bicyclic) bond motifs is 1. The average molecular weight is 521 g/mol. The van der Waals surface area contributed by atoms with Gasteiger partial charge in [-0.25, -0.2) is 10.3 Å². The van der Waals surface area contributed by atoms with Crippen molar-refractivity contribution in [3.63, 3.8) is 0 Å². The Kier molecular flexibility index (Phi) is 7.99. The Morgan fingerprint density at radius 3 is 2.46 bits per heavy atom. The Hall–Kier alpha value is -4.23. The normalized spacial score (nSPS) is 12.9. The number of carbonyl (C=O) groups is 3. The van der Waals surface area contributed by atoms with E-state index < -0.39 is 47.4 Å². The second-order valence-electron chi connectivity index (χ2n) is 8.17. The van der Waals surface area contributed by atoms with Crippen LogP contribution in [0.3, 0.4) is 0 Å². The molecule has 13 heteroatoms. The number of aryl methyl sites for hydroxylation is 1. The van der Waals surface area contributed by atoms with E-state index in [4.69, 9.17) is 9.94 Å². The molecule has 2 aromatic carbocycles. The second-order valence-corrected chi connectivity index (χ2v) is 8.17. The predicted molar refractivity (Wildman–Crippen MR) is 122 cm³/mol. The summed E-state index contributed by atoms with van der Waals surface area (Å²) in [6.45, 7) is 2.03. The van der Waals surface area contributed by atoms with Crippen LogP contribution in [0, 0.1) is 6.92 Å². The minimum Gasteiger partial charge on any atom is -0.489 e. The van der Waals surface area contributed by atoms with Crippen molar-refractivity contribution in [2.75, 3.05) is 6.54 Å². The minimum atomic E-state index is -5.35. The van der Waals surface area contributed by atoms with Gasteiger partial charge in [-0.2, -0.15) is 13.2 Å². The van der Waals surface area contributed by atoms with Crippen molar-refractivity contribution in [3.8, 4) is 11.5 Å². The van der Waals surface area contributed by atoms with E-state index in [-0.39, 0.29) is 12.4 Å². The fraction of sp³-hybridized carbons (Fsp3) is 0.250. The molecule has 0 saturated heterocycles. The van der Waals surface area contributed by atoms with Gasteiger partial charge in [-0.15, -0.1) is 0 Å². The van der Waals surface area contributed by atoms with Crippen LogP contribution in [0.2, 0.25) is 0 Å². The molecule has 0 fully saturated rings. The van der Waals surface area contributed by atoms with Gasteiger partial charge in [0.25, 0.3) is 11.8 Å². The Balaban J connectivity index is 1.87. The molecular formula is C24H22F3N3O7. The lowest BCUT2D eigenvalue weighted by Crippen LogP contribution is -2.51. The van der Waals surface area contributed by atoms with Crippen molar-refractivity contribution in [3.05, 3.63) is 65.4 Å². The van der Waals surface area contributed by atoms with Gasteiger partial charge in [0, 0.05) is 22.7 Å². The van der Waals surface area contributed by atoms with Gasteiger partial charge in [-0.1, -0.05) is 18.2 Å². The fourth-order valence-electron chi connectivity index (χ4n) is 3.25. The predicted octanol–water partition coefficient (Wildman–Crippen LogP) is 2.58. The first-order valence-electron chi connectivity index (χ1n) is 10.7. The first kappa shape index (κ1) is 27.4. The minimum absolute atomic E-state index is 0.00766. The Labute approximate surface area is 208 Å². The van der Waals surface area contributed by atoms with Gasteiger partial charge in [-0.3, -0.25) is 19.8 Å². The van der Waals surface area contributed by atoms with Gasteiger partial charge in [0.2, 0.25) is 0 Å². The van der Waals surface area contributed by atoms with E-state index in [0.717, 1.165) is 41.2 Å². The van der Waals surface area contributed by atoms with Gasteiger partial charge >= 0.3 is 12.1 Å². The highest BCUT2D eigenvalue weighted by molar-refractivity contribution is 5.98. The van der Waals surface area contributed by atoms with Crippen molar-refractivity contribution >= 4 is 28.7 Å². The molecule has 0 aliphatic rings. The molecule has 1 heterocycles. The van der Waals surface area contributed by atoms with E-state index in [1.165, 1.54) is 11.5 Å². The van der Waals surface area contributed by atoms with Gasteiger partial charge in [-0.05, 0) is 38.1 Å². The van der Waals surface area contributed by atoms with E-state index in [0.29, 0.717) is 0 Å². The molecule has 3 rings (SSSR count). The molecule has 37 heavy (non-hydrogen) atoms. The molecule has 0 saturated carbocycles. The fourth-order valence-corrected chi connectivity index (χ4v) is 3.25. The van der Waals surface area contributed by atoms with Crippen LogP contribution in [0.15, 0.2) is 48.5 Å². The summed E-state index contributed by atoms with van der Waals surface area (Å²) >= 11 is 0. The molecule has 0 aliphatic carbocycles. The largest absolute Gasteiger partial charge is 0.491 e. The number of hydrogen-bond acceptors (Lipinski definition) is 8. The van der Waals surface area contributed by atoms with Crippen molar-refractivity contribution in [1.82, 2.24) is 15.8 Å². The molecule has 0 spiro atoms. The van der Waals surface area contributed by atoms with Crippen LogP contribution in [-0.2, 0) is 16.2 Å². The molecule has 3 aromatic rings. The van der Waals surface area contributed by atoms with Crippen molar-refractivity contribution in [2.45, 2.75) is 32.2 Å². The van der Waals surface area contributed by atoms with Crippen molar-refractivity contribution in [2.24, 2.45) is 0 Å². The Morgan fingerprint density at radius 1 is 1.08 bits per heavy atom. The molecular weight excluding hydrogens is 499 g/mol. The number of aromatic nitrogens is 1. The molecule has 0 radical (unpaired) electrons. The van der Waals surface area contributed by atoms with Gasteiger partial charge in [0.05, 0.1) is 17.6 Å². The number of amides is 2. The number of benzene rings is 2. The summed E-state index contributed by atoms with van der Waals surface area (Å²) in [6, 6.07) is 12.3. The maximum Gasteiger partial charge on any atom is 0.491 e. The summed E-state index contributed by atoms with van der Waals surface area (Å²) in [7, 11) is 0. The first-order valence-corrected chi connectivity index (χ1v) is 10.7. The smallest absolute Gasteiger partial charge is 0.489 e. The lowest BCUT2D eigenvalue weighted by atomic mass is 10.1. The topological polar surface area (TPSA) is 147 Å². The number of esters is 1. The van der Waals surface area contributed by atoms with Crippen LogP contribution in [-0.4, -0.2) is 51.4 Å². The van der Waals surface area contributed by atoms with E-state index in [9.17, 15) is 32.7 Å². The van der Waals surface area contributed by atoms with Crippen LogP contribution in [0.4, 0.5) is 13.2 Å². The maximum atomic E-state index is 12.8. The Morgan fingerprint density at radius 2 is 1.78 bits per heavy atom. The zero-order valence-corrected chi connectivity index (χ0v) is 19.5. The number of pyridine rings is 1. The molecule has 4 N–H and O–H groups in total. The maximum absolute atomic E-state index is 12.8. The van der Waals surface area contributed by atoms with Crippen LogP contribution < -0.4 is 20.3 Å². The number of hydroxylamine groups is 1. The zero-order valence-electron chi connectivity index (χ0n) is 19.5. The lowest BCUT2D eigenvalue weighted by Gasteiger charge is -2.21. The van der Waals surface area contributed by atoms with Crippen LogP contribution >= 0.6 is 0 Å². The number of hydrogen-bond donors (Lipinski definition) is 4. The third kappa shape index (κ3) is 6.71. The number of rotatable bonds is 8. The lowest BCUT2D eigenvalue weighted by molar-refractivity contribution is -0.189. The number of aliphatic hydroxyl groups is 1. The second kappa shape index (κ2) is 10.8. The molecule has 196 valence electrons. The molecule has 0 bridgehead atoms. The number of nitrogens with zero attached hydrogens (tertiary/aromatic N) is 1. The number of nitrogens with one attached hydrogen (secondary N) is 2. The highest BCUT2D eigenvalue weighted by Gasteiger charge is 2.42. The third-order valence-corrected chi connectivity index (χ3v) is 5.14. The number of carbonyl (C=O) groups excluding carboxylic acids is 3. The average Bonchev–Trinajstić information content (AvgIpc) is 2.84. The van der Waals surface area contributed by atoms with Gasteiger partial charge in [0.15, 0.2) is 5.60 Å². The summed E-state index contributed by atoms with van der Waals surface area (Å²) < 4.78 is 48.6. The molecule has 0 aliphatic heterocycles. The van der Waals surface area contributed by atoms with Crippen molar-refractivity contribution in [1.29, 1.82) is 0 Å². The van der Waals surface area contributed by atoms with Crippen LogP contribution in [0.1, 0.15) is 28.5 Å². The molecule has 0 unspecified atom stereocenters. The standard InChI is InChI=1S/C24H22F3N3O7/c1-13-9-14(16-5-3-4-6-18(16)29-13)11-36-15-7-8-17(19(10-15)37-22(33)24(25,26)27)20(31)28-12-23(2,34)21(32)30-35/h3-10,34-35H,11-12H2,1-2H3,(H,28,31)(H,30,32)/t23-/m0/s1. The monoisotopic (exact) mass is 521 g/mol. The zero-order chi connectivity index (χ0) is 27.4. The van der Waals surface area contributed by atoms with Gasteiger partial charge in [0.1, 0.15) is 18.1 Å². The molecule has 2 amide bonds. The third-order valence-electron chi connectivity index (χ3n) is 5.14. The summed E-state index contributed by atoms with van der Waals surface area (Å²) in [5.74, 6) is -5.65. The quantitative estimate of drug-likeness (QED) is 0.153. The van der Waals surface area contributed by atoms with E-state index in [1.54, 1.807) is 13.0 Å². The van der Waals surface area contributed by atoms with Gasteiger partial charge < -0.3 is 19.9 Å². The van der Waals surface area contributed by atoms with Crippen LogP contribution in [0.5, 0.6) is 11.5 Å². The van der Waals surface area contributed by atoms with E-state index in [2.05, 4.69) is 15.0 Å².